The maximum absolute atomic E-state index is 13.9. The van der Waals surface area contributed by atoms with Gasteiger partial charge in [-0.15, -0.1) is 6.58 Å². The van der Waals surface area contributed by atoms with Crippen molar-refractivity contribution in [1.29, 1.82) is 0 Å². The van der Waals surface area contributed by atoms with Crippen LogP contribution in [0, 0.1) is 23.7 Å². The maximum atomic E-state index is 13.9. The number of aliphatic hydroxyl groups is 1. The van der Waals surface area contributed by atoms with Crippen LogP contribution in [0.4, 0.5) is 4.79 Å². The smallest absolute Gasteiger partial charge is 0.410 e. The third kappa shape index (κ3) is 4.45. The van der Waals surface area contributed by atoms with E-state index in [9.17, 15) is 43.8 Å². The molecule has 0 radical (unpaired) electrons. The van der Waals surface area contributed by atoms with Gasteiger partial charge in [-0.3, -0.25) is 38.6 Å². The predicted octanol–water partition coefficient (Wildman–Crippen LogP) is -0.696. The topological polar surface area (TPSA) is 202 Å². The summed E-state index contributed by atoms with van der Waals surface area (Å²) < 4.78 is 4.71. The van der Waals surface area contributed by atoms with Gasteiger partial charge in [0.1, 0.15) is 5.75 Å². The number of fused-ring (bicyclic) bond motifs is 3. The van der Waals surface area contributed by atoms with E-state index in [2.05, 4.69) is 6.58 Å². The van der Waals surface area contributed by atoms with Gasteiger partial charge < -0.3 is 20.7 Å². The SMILES string of the molecule is C=CCN(CC(=O)c1ccc(O)c2c1C[C@H]1C[C@H]3[C@@H](N(C)C)C(=O)C(C(N)=O)C(=O)[C@@]3(O)C(=O)C1C2=O)C(=O)OC. The fourth-order valence-corrected chi connectivity index (χ4v) is 6.61. The Morgan fingerprint density at radius 2 is 1.83 bits per heavy atom. The van der Waals surface area contributed by atoms with Crippen molar-refractivity contribution in [3.05, 3.63) is 41.5 Å². The number of nitrogens with two attached hydrogens (primary N) is 1. The Bertz CT molecular complexity index is 1400. The Balaban J connectivity index is 1.80. The molecule has 0 aliphatic heterocycles. The van der Waals surface area contributed by atoms with Crippen LogP contribution in [0.5, 0.6) is 5.75 Å². The molecule has 2 unspecified atom stereocenters. The van der Waals surface area contributed by atoms with Crippen LogP contribution in [-0.4, -0.2) is 107 Å². The summed E-state index contributed by atoms with van der Waals surface area (Å²) in [6, 6.07) is 1.18. The molecule has 2 saturated carbocycles. The Labute approximate surface area is 234 Å². The summed E-state index contributed by atoms with van der Waals surface area (Å²) in [6.07, 6.45) is 0.379. The fourth-order valence-electron chi connectivity index (χ4n) is 6.61. The highest BCUT2D eigenvalue weighted by molar-refractivity contribution is 6.32. The molecule has 0 saturated heterocycles. The number of amides is 2. The number of nitrogens with zero attached hydrogens (tertiary/aromatic N) is 2. The summed E-state index contributed by atoms with van der Waals surface area (Å²) in [6.45, 7) is 3.12. The minimum atomic E-state index is -2.84. The number of Topliss-reactive ketones (excluding diaryl/α,β-unsaturated/α-hetero) is 5. The summed E-state index contributed by atoms with van der Waals surface area (Å²) in [5.41, 5.74) is 2.34. The number of carbonyl (C=O) groups is 7. The number of hydrogen-bond donors (Lipinski definition) is 3. The van der Waals surface area contributed by atoms with E-state index in [0.29, 0.717) is 0 Å². The van der Waals surface area contributed by atoms with E-state index in [4.69, 9.17) is 10.5 Å². The second kappa shape index (κ2) is 10.6. The van der Waals surface area contributed by atoms with Crippen molar-refractivity contribution < 1.29 is 48.5 Å². The lowest BCUT2D eigenvalue weighted by molar-refractivity contribution is -0.181. The van der Waals surface area contributed by atoms with Gasteiger partial charge in [0, 0.05) is 18.0 Å². The maximum Gasteiger partial charge on any atom is 0.410 e. The van der Waals surface area contributed by atoms with Crippen molar-refractivity contribution in [2.24, 2.45) is 29.4 Å². The molecular formula is C28H31N3O10. The number of phenolic OH excluding ortho intramolecular Hbond substituents is 1. The molecule has 2 amide bonds. The molecule has 3 aliphatic rings. The lowest BCUT2D eigenvalue weighted by Gasteiger charge is -2.52. The predicted molar refractivity (Wildman–Crippen MR) is 140 cm³/mol. The largest absolute Gasteiger partial charge is 0.507 e. The molecule has 13 heteroatoms. The van der Waals surface area contributed by atoms with E-state index >= 15 is 0 Å². The van der Waals surface area contributed by atoms with E-state index in [1.807, 2.05) is 0 Å². The molecule has 2 fully saturated rings. The number of phenols is 1. The molecule has 4 N–H and O–H groups in total. The van der Waals surface area contributed by atoms with E-state index < -0.39 is 88.5 Å². The number of methoxy groups -OCH3 is 1. The van der Waals surface area contributed by atoms with Crippen LogP contribution in [-0.2, 0) is 30.3 Å². The van der Waals surface area contributed by atoms with E-state index in [-0.39, 0.29) is 36.1 Å². The second-order valence-electron chi connectivity index (χ2n) is 10.8. The number of likely N-dealkylation sites (N-methyl/N-ethyl adjacent to an activating group) is 1. The summed E-state index contributed by atoms with van der Waals surface area (Å²) >= 11 is 0. The molecule has 0 bridgehead atoms. The zero-order valence-electron chi connectivity index (χ0n) is 22.8. The average Bonchev–Trinajstić information content (AvgIpc) is 2.89. The van der Waals surface area contributed by atoms with Crippen LogP contribution in [0.2, 0.25) is 0 Å². The molecule has 218 valence electrons. The number of hydrogen-bond acceptors (Lipinski definition) is 11. The van der Waals surface area contributed by atoms with Crippen molar-refractivity contribution in [3.63, 3.8) is 0 Å². The van der Waals surface area contributed by atoms with Gasteiger partial charge in [-0.25, -0.2) is 4.79 Å². The van der Waals surface area contributed by atoms with Crippen molar-refractivity contribution >= 4 is 40.9 Å². The van der Waals surface area contributed by atoms with Gasteiger partial charge in [-0.2, -0.15) is 0 Å². The Kier molecular flexibility index (Phi) is 7.71. The zero-order valence-corrected chi connectivity index (χ0v) is 22.8. The van der Waals surface area contributed by atoms with Gasteiger partial charge in [0.05, 0.1) is 31.2 Å². The Morgan fingerprint density at radius 1 is 1.17 bits per heavy atom. The molecule has 1 aromatic rings. The first-order valence-corrected chi connectivity index (χ1v) is 12.9. The molecule has 13 nitrogen and oxygen atoms in total. The van der Waals surface area contributed by atoms with E-state index in [1.54, 1.807) is 0 Å². The number of carbonyl (C=O) groups excluding carboxylic acids is 7. The van der Waals surface area contributed by atoms with E-state index in [0.717, 1.165) is 18.1 Å². The van der Waals surface area contributed by atoms with Crippen LogP contribution in [0.15, 0.2) is 24.8 Å². The molecule has 0 spiro atoms. The third-order valence-electron chi connectivity index (χ3n) is 8.36. The summed E-state index contributed by atoms with van der Waals surface area (Å²) in [5, 5.41) is 22.2. The van der Waals surface area contributed by atoms with Gasteiger partial charge in [0.2, 0.25) is 5.91 Å². The lowest BCUT2D eigenvalue weighted by atomic mass is 9.52. The van der Waals surface area contributed by atoms with Crippen LogP contribution < -0.4 is 5.73 Å². The monoisotopic (exact) mass is 569 g/mol. The number of ether oxygens (including phenoxy) is 1. The zero-order chi connectivity index (χ0) is 30.5. The summed E-state index contributed by atoms with van der Waals surface area (Å²) in [5.74, 6) is -12.5. The van der Waals surface area contributed by atoms with Gasteiger partial charge in [-0.1, -0.05) is 6.08 Å². The molecule has 4 rings (SSSR count). The van der Waals surface area contributed by atoms with Crippen molar-refractivity contribution in [3.8, 4) is 5.75 Å². The third-order valence-corrected chi connectivity index (χ3v) is 8.36. The van der Waals surface area contributed by atoms with Gasteiger partial charge in [0.25, 0.3) is 0 Å². The number of ketones is 5. The van der Waals surface area contributed by atoms with Gasteiger partial charge in [0.15, 0.2) is 40.4 Å². The minimum Gasteiger partial charge on any atom is -0.507 e. The normalized spacial score (nSPS) is 28.9. The Hall–Kier alpha value is -4.23. The highest BCUT2D eigenvalue weighted by Crippen LogP contribution is 2.51. The fraction of sp³-hybridized carbons (Fsp3) is 0.464. The number of primary amides is 1. The molecule has 3 aliphatic carbocycles. The van der Waals surface area contributed by atoms with Crippen LogP contribution >= 0.6 is 0 Å². The number of aromatic hydroxyl groups is 1. The molecule has 0 heterocycles. The van der Waals surface area contributed by atoms with Crippen molar-refractivity contribution in [2.75, 3.05) is 34.3 Å². The number of rotatable bonds is 7. The summed E-state index contributed by atoms with van der Waals surface area (Å²) in [7, 11) is 4.12. The Morgan fingerprint density at radius 3 is 2.39 bits per heavy atom. The first-order valence-electron chi connectivity index (χ1n) is 12.9. The minimum absolute atomic E-state index is 0.00262. The first-order chi connectivity index (χ1) is 19.2. The van der Waals surface area contributed by atoms with E-state index in [1.165, 1.54) is 31.1 Å². The molecule has 1 aromatic carbocycles. The first kappa shape index (κ1) is 29.7. The standard InChI is InChI=1S/C28H31N3O10/c1-5-8-31(27(39)41-4)11-17(33)13-6-7-16(32)19-14(13)9-12-10-15-21(30(2)3)23(35)20(26(29)38)25(37)28(15,40)24(36)18(12)22(19)34/h5-7,12,15,18,20-21,32,40H,1,8-11H2,2-4H3,(H2,29,38)/t12-,15-,18?,20?,21+,28-/m0/s1. The highest BCUT2D eigenvalue weighted by atomic mass is 16.5. The van der Waals surface area contributed by atoms with Crippen molar-refractivity contribution in [2.45, 2.75) is 24.5 Å². The average molecular weight is 570 g/mol. The molecular weight excluding hydrogens is 538 g/mol. The molecule has 6 atom stereocenters. The second-order valence-corrected chi connectivity index (χ2v) is 10.8. The highest BCUT2D eigenvalue weighted by Gasteiger charge is 2.69. The molecule has 41 heavy (non-hydrogen) atoms. The van der Waals surface area contributed by atoms with Gasteiger partial charge in [-0.05, 0) is 50.6 Å². The van der Waals surface area contributed by atoms with Crippen LogP contribution in [0.25, 0.3) is 0 Å². The van der Waals surface area contributed by atoms with Gasteiger partial charge >= 0.3 is 6.09 Å². The van der Waals surface area contributed by atoms with Crippen LogP contribution in [0.3, 0.4) is 0 Å². The molecule has 0 aromatic heterocycles. The van der Waals surface area contributed by atoms with Crippen LogP contribution in [0.1, 0.15) is 32.7 Å². The number of benzene rings is 1. The van der Waals surface area contributed by atoms with Crippen molar-refractivity contribution in [1.82, 2.24) is 9.80 Å². The summed E-state index contributed by atoms with van der Waals surface area (Å²) in [4.78, 5) is 94.1. The quantitative estimate of drug-likeness (QED) is 0.213. The lowest BCUT2D eigenvalue weighted by Crippen LogP contribution is -2.74.